The second kappa shape index (κ2) is 6.84. The normalized spacial score (nSPS) is 11.7. The summed E-state index contributed by atoms with van der Waals surface area (Å²) in [5.74, 6) is 0.233. The average molecular weight is 282 g/mol. The van der Waals surface area contributed by atoms with Gasteiger partial charge in [0.25, 0.3) is 0 Å². The van der Waals surface area contributed by atoms with E-state index in [9.17, 15) is 9.59 Å². The molecule has 0 aromatic heterocycles. The number of ether oxygens (including phenoxy) is 1. The Morgan fingerprint density at radius 1 is 1.00 bits per heavy atom. The van der Waals surface area contributed by atoms with Crippen molar-refractivity contribution in [1.29, 1.82) is 0 Å². The minimum atomic E-state index is -0.433. The number of methoxy groups -OCH3 is 1. The van der Waals surface area contributed by atoms with Gasteiger partial charge in [-0.1, -0.05) is 30.3 Å². The van der Waals surface area contributed by atoms with E-state index in [-0.39, 0.29) is 18.0 Å². The van der Waals surface area contributed by atoms with Gasteiger partial charge < -0.3 is 4.74 Å². The molecule has 2 rings (SSSR count). The first-order valence-corrected chi connectivity index (χ1v) is 6.84. The standard InChI is InChI=1S/C18H18O3/c1-13(19)12-17(14-6-4-3-5-7-14)18(20)15-8-10-16(21-2)11-9-15/h3-11,17H,12H2,1-2H3. The third-order valence-electron chi connectivity index (χ3n) is 3.38. The van der Waals surface area contributed by atoms with Gasteiger partial charge in [0, 0.05) is 12.0 Å². The number of carbonyl (C=O) groups is 2. The highest BCUT2D eigenvalue weighted by Gasteiger charge is 2.23. The third kappa shape index (κ3) is 3.78. The van der Waals surface area contributed by atoms with Gasteiger partial charge in [-0.2, -0.15) is 0 Å². The Morgan fingerprint density at radius 3 is 2.14 bits per heavy atom. The molecular weight excluding hydrogens is 264 g/mol. The summed E-state index contributed by atoms with van der Waals surface area (Å²) in [6.45, 7) is 1.51. The van der Waals surface area contributed by atoms with E-state index in [1.807, 2.05) is 30.3 Å². The van der Waals surface area contributed by atoms with Gasteiger partial charge in [0.05, 0.1) is 13.0 Å². The molecule has 0 saturated heterocycles. The Bertz CT molecular complexity index is 615. The molecule has 2 aromatic carbocycles. The average Bonchev–Trinajstić information content (AvgIpc) is 2.53. The highest BCUT2D eigenvalue weighted by molar-refractivity contribution is 6.03. The maximum absolute atomic E-state index is 12.7. The summed E-state index contributed by atoms with van der Waals surface area (Å²) in [6, 6.07) is 16.4. The van der Waals surface area contributed by atoms with Crippen molar-refractivity contribution in [1.82, 2.24) is 0 Å². The summed E-state index contributed by atoms with van der Waals surface area (Å²) in [5.41, 5.74) is 1.46. The number of rotatable bonds is 6. The van der Waals surface area contributed by atoms with Crippen LogP contribution in [0.25, 0.3) is 0 Å². The highest BCUT2D eigenvalue weighted by atomic mass is 16.5. The predicted molar refractivity (Wildman–Crippen MR) is 81.8 cm³/mol. The molecule has 0 amide bonds. The van der Waals surface area contributed by atoms with Crippen molar-refractivity contribution in [3.05, 3.63) is 65.7 Å². The van der Waals surface area contributed by atoms with Gasteiger partial charge in [-0.3, -0.25) is 9.59 Å². The van der Waals surface area contributed by atoms with E-state index < -0.39 is 5.92 Å². The molecule has 0 saturated carbocycles. The van der Waals surface area contributed by atoms with Crippen LogP contribution < -0.4 is 4.74 Å². The highest BCUT2D eigenvalue weighted by Crippen LogP contribution is 2.25. The van der Waals surface area contributed by atoms with Crippen LogP contribution in [-0.2, 0) is 4.79 Å². The summed E-state index contributed by atoms with van der Waals surface area (Å²) < 4.78 is 5.09. The molecule has 3 nitrogen and oxygen atoms in total. The zero-order valence-corrected chi connectivity index (χ0v) is 12.2. The lowest BCUT2D eigenvalue weighted by Crippen LogP contribution is -2.16. The van der Waals surface area contributed by atoms with Crippen molar-refractivity contribution in [2.24, 2.45) is 0 Å². The molecule has 0 spiro atoms. The second-order valence-corrected chi connectivity index (χ2v) is 4.96. The molecule has 0 fully saturated rings. The molecule has 0 N–H and O–H groups in total. The molecule has 1 unspecified atom stereocenters. The summed E-state index contributed by atoms with van der Waals surface area (Å²) in [5, 5.41) is 0. The number of ketones is 2. The van der Waals surface area contributed by atoms with Gasteiger partial charge in [-0.15, -0.1) is 0 Å². The molecule has 21 heavy (non-hydrogen) atoms. The molecule has 0 aliphatic carbocycles. The smallest absolute Gasteiger partial charge is 0.170 e. The molecule has 0 bridgehead atoms. The van der Waals surface area contributed by atoms with Crippen molar-refractivity contribution in [2.75, 3.05) is 7.11 Å². The zero-order valence-electron chi connectivity index (χ0n) is 12.2. The fraction of sp³-hybridized carbons (Fsp3) is 0.222. The van der Waals surface area contributed by atoms with Crippen molar-refractivity contribution in [3.63, 3.8) is 0 Å². The van der Waals surface area contributed by atoms with E-state index in [0.29, 0.717) is 11.3 Å². The largest absolute Gasteiger partial charge is 0.497 e. The molecule has 108 valence electrons. The zero-order chi connectivity index (χ0) is 15.2. The Morgan fingerprint density at radius 2 is 1.62 bits per heavy atom. The lowest BCUT2D eigenvalue weighted by molar-refractivity contribution is -0.117. The van der Waals surface area contributed by atoms with Gasteiger partial charge in [0.2, 0.25) is 0 Å². The molecular formula is C18H18O3. The van der Waals surface area contributed by atoms with E-state index in [1.54, 1.807) is 31.4 Å². The maximum Gasteiger partial charge on any atom is 0.170 e. The number of benzene rings is 2. The quantitative estimate of drug-likeness (QED) is 0.760. The lowest BCUT2D eigenvalue weighted by Gasteiger charge is -2.15. The van der Waals surface area contributed by atoms with Crippen LogP contribution in [0, 0.1) is 0 Å². The number of Topliss-reactive ketones (excluding diaryl/α,β-unsaturated/α-hetero) is 2. The van der Waals surface area contributed by atoms with Crippen molar-refractivity contribution < 1.29 is 14.3 Å². The molecule has 0 aliphatic heterocycles. The van der Waals surface area contributed by atoms with E-state index in [2.05, 4.69) is 0 Å². The first-order valence-electron chi connectivity index (χ1n) is 6.84. The maximum atomic E-state index is 12.7. The molecule has 0 aliphatic rings. The predicted octanol–water partition coefficient (Wildman–Crippen LogP) is 3.64. The summed E-state index contributed by atoms with van der Waals surface area (Å²) >= 11 is 0. The Balaban J connectivity index is 2.31. The van der Waals surface area contributed by atoms with Crippen molar-refractivity contribution in [3.8, 4) is 5.75 Å². The van der Waals surface area contributed by atoms with Crippen LogP contribution in [0.2, 0.25) is 0 Å². The minimum Gasteiger partial charge on any atom is -0.497 e. The van der Waals surface area contributed by atoms with E-state index >= 15 is 0 Å². The molecule has 0 radical (unpaired) electrons. The van der Waals surface area contributed by atoms with Gasteiger partial charge >= 0.3 is 0 Å². The Labute approximate surface area is 124 Å². The van der Waals surface area contributed by atoms with Crippen LogP contribution in [0.3, 0.4) is 0 Å². The van der Waals surface area contributed by atoms with E-state index in [4.69, 9.17) is 4.74 Å². The number of hydrogen-bond acceptors (Lipinski definition) is 3. The molecule has 0 heterocycles. The van der Waals surface area contributed by atoms with Crippen LogP contribution >= 0.6 is 0 Å². The second-order valence-electron chi connectivity index (χ2n) is 4.96. The van der Waals surface area contributed by atoms with Gasteiger partial charge in [0.15, 0.2) is 5.78 Å². The topological polar surface area (TPSA) is 43.4 Å². The van der Waals surface area contributed by atoms with E-state index in [1.165, 1.54) is 6.92 Å². The van der Waals surface area contributed by atoms with Crippen molar-refractivity contribution >= 4 is 11.6 Å². The SMILES string of the molecule is COc1ccc(C(=O)C(CC(C)=O)c2ccccc2)cc1. The molecule has 1 atom stereocenters. The monoisotopic (exact) mass is 282 g/mol. The first kappa shape index (κ1) is 15.0. The van der Waals surface area contributed by atoms with Gasteiger partial charge in [0.1, 0.15) is 11.5 Å². The summed E-state index contributed by atoms with van der Waals surface area (Å²) in [4.78, 5) is 24.2. The van der Waals surface area contributed by atoms with Gasteiger partial charge in [-0.25, -0.2) is 0 Å². The number of hydrogen-bond donors (Lipinski definition) is 0. The first-order chi connectivity index (χ1) is 10.1. The minimum absolute atomic E-state index is 0.00529. The van der Waals surface area contributed by atoms with Crippen LogP contribution in [-0.4, -0.2) is 18.7 Å². The lowest BCUT2D eigenvalue weighted by atomic mass is 9.87. The fourth-order valence-corrected chi connectivity index (χ4v) is 2.29. The third-order valence-corrected chi connectivity index (χ3v) is 3.38. The van der Waals surface area contributed by atoms with Gasteiger partial charge in [-0.05, 0) is 36.8 Å². The number of carbonyl (C=O) groups excluding carboxylic acids is 2. The molecule has 3 heteroatoms. The van der Waals surface area contributed by atoms with E-state index in [0.717, 1.165) is 5.56 Å². The Hall–Kier alpha value is -2.42. The van der Waals surface area contributed by atoms with Crippen LogP contribution in [0.1, 0.15) is 35.2 Å². The van der Waals surface area contributed by atoms with Crippen LogP contribution in [0.5, 0.6) is 5.75 Å². The van der Waals surface area contributed by atoms with Crippen LogP contribution in [0.4, 0.5) is 0 Å². The van der Waals surface area contributed by atoms with Crippen molar-refractivity contribution in [2.45, 2.75) is 19.3 Å². The fourth-order valence-electron chi connectivity index (χ4n) is 2.29. The molecule has 2 aromatic rings. The summed E-state index contributed by atoms with van der Waals surface area (Å²) in [7, 11) is 1.58. The van der Waals surface area contributed by atoms with Crippen LogP contribution in [0.15, 0.2) is 54.6 Å². The summed E-state index contributed by atoms with van der Waals surface area (Å²) in [6.07, 6.45) is 0.217. The Kier molecular flexibility index (Phi) is 4.88.